The van der Waals surface area contributed by atoms with Gasteiger partial charge in [-0.1, -0.05) is 19.1 Å². The van der Waals surface area contributed by atoms with Crippen LogP contribution < -0.4 is 10.6 Å². The maximum atomic E-state index is 13.8. The Morgan fingerprint density at radius 2 is 2.11 bits per heavy atom. The number of pyridine rings is 1. The van der Waals surface area contributed by atoms with Crippen LogP contribution in [-0.4, -0.2) is 11.5 Å². The summed E-state index contributed by atoms with van der Waals surface area (Å²) in [5.41, 5.74) is 7.54. The molecule has 100 valence electrons. The highest BCUT2D eigenvalue weighted by Crippen LogP contribution is 2.19. The average molecular weight is 259 g/mol. The largest absolute Gasteiger partial charge is 0.399 e. The second-order valence-corrected chi connectivity index (χ2v) is 4.48. The Morgan fingerprint density at radius 1 is 1.26 bits per heavy atom. The Kier molecular flexibility index (Phi) is 4.34. The van der Waals surface area contributed by atoms with Gasteiger partial charge in [0.25, 0.3) is 0 Å². The summed E-state index contributed by atoms with van der Waals surface area (Å²) in [7, 11) is 0. The number of aromatic nitrogens is 1. The van der Waals surface area contributed by atoms with E-state index >= 15 is 0 Å². The van der Waals surface area contributed by atoms with Gasteiger partial charge in [-0.15, -0.1) is 0 Å². The van der Waals surface area contributed by atoms with Gasteiger partial charge in [0, 0.05) is 25.0 Å². The van der Waals surface area contributed by atoms with E-state index in [1.807, 2.05) is 29.2 Å². The van der Waals surface area contributed by atoms with E-state index in [0.29, 0.717) is 12.4 Å². The zero-order valence-electron chi connectivity index (χ0n) is 11.0. The topological polar surface area (TPSA) is 42.1 Å². The molecule has 1 aromatic heterocycles. The Morgan fingerprint density at radius 3 is 2.79 bits per heavy atom. The number of benzene rings is 1. The number of nitrogen functional groups attached to an aromatic ring is 1. The molecular formula is C15H18FN3. The van der Waals surface area contributed by atoms with Crippen LogP contribution in [0.5, 0.6) is 0 Å². The predicted molar refractivity (Wildman–Crippen MR) is 76.4 cm³/mol. The second-order valence-electron chi connectivity index (χ2n) is 4.48. The van der Waals surface area contributed by atoms with Crippen molar-refractivity contribution in [1.82, 2.24) is 4.98 Å². The fraction of sp³-hybridized carbons (Fsp3) is 0.267. The van der Waals surface area contributed by atoms with Crippen molar-refractivity contribution < 1.29 is 4.39 Å². The zero-order valence-corrected chi connectivity index (χ0v) is 11.0. The minimum atomic E-state index is -0.292. The smallest absolute Gasteiger partial charge is 0.165 e. The van der Waals surface area contributed by atoms with Gasteiger partial charge in [-0.3, -0.25) is 0 Å². The Bertz CT molecular complexity index is 542. The lowest BCUT2D eigenvalue weighted by Crippen LogP contribution is -2.25. The number of hydrogen-bond donors (Lipinski definition) is 1. The van der Waals surface area contributed by atoms with E-state index in [9.17, 15) is 4.39 Å². The lowest BCUT2D eigenvalue weighted by molar-refractivity contribution is 0.605. The van der Waals surface area contributed by atoms with Crippen LogP contribution in [0.3, 0.4) is 0 Å². The summed E-state index contributed by atoms with van der Waals surface area (Å²) in [5.74, 6) is 0.103. The molecular weight excluding hydrogens is 241 g/mol. The van der Waals surface area contributed by atoms with Gasteiger partial charge < -0.3 is 10.6 Å². The van der Waals surface area contributed by atoms with Gasteiger partial charge in [0.1, 0.15) is 0 Å². The van der Waals surface area contributed by atoms with Crippen LogP contribution in [0.4, 0.5) is 15.9 Å². The second kappa shape index (κ2) is 6.18. The van der Waals surface area contributed by atoms with Crippen LogP contribution in [0.2, 0.25) is 0 Å². The molecule has 0 bridgehead atoms. The summed E-state index contributed by atoms with van der Waals surface area (Å²) < 4.78 is 13.8. The standard InChI is InChI=1S/C15H18FN3/c1-2-9-19(15-14(16)7-4-8-18-15)11-12-5-3-6-13(17)10-12/h3-8,10H,2,9,11,17H2,1H3. The molecule has 2 rings (SSSR count). The van der Waals surface area contributed by atoms with Gasteiger partial charge in [0.2, 0.25) is 0 Å². The van der Waals surface area contributed by atoms with E-state index in [1.54, 1.807) is 12.3 Å². The van der Waals surface area contributed by atoms with E-state index in [-0.39, 0.29) is 5.82 Å². The van der Waals surface area contributed by atoms with Gasteiger partial charge in [-0.05, 0) is 36.2 Å². The van der Waals surface area contributed by atoms with E-state index in [4.69, 9.17) is 5.73 Å². The molecule has 2 aromatic rings. The first-order chi connectivity index (χ1) is 9.20. The number of rotatable bonds is 5. The highest BCUT2D eigenvalue weighted by molar-refractivity contribution is 5.44. The summed E-state index contributed by atoms with van der Waals surface area (Å²) in [4.78, 5) is 6.07. The van der Waals surface area contributed by atoms with Crippen molar-refractivity contribution in [3.63, 3.8) is 0 Å². The van der Waals surface area contributed by atoms with Gasteiger partial charge in [-0.2, -0.15) is 0 Å². The molecule has 0 unspecified atom stereocenters. The Labute approximate surface area is 112 Å². The monoisotopic (exact) mass is 259 g/mol. The molecule has 0 fully saturated rings. The van der Waals surface area contributed by atoms with Crippen LogP contribution in [0.1, 0.15) is 18.9 Å². The fourth-order valence-electron chi connectivity index (χ4n) is 2.05. The molecule has 0 aliphatic rings. The number of nitrogens with zero attached hydrogens (tertiary/aromatic N) is 2. The van der Waals surface area contributed by atoms with Crippen LogP contribution >= 0.6 is 0 Å². The molecule has 0 atom stereocenters. The lowest BCUT2D eigenvalue weighted by Gasteiger charge is -2.23. The van der Waals surface area contributed by atoms with Crippen LogP contribution in [0.25, 0.3) is 0 Å². The van der Waals surface area contributed by atoms with Crippen molar-refractivity contribution in [2.75, 3.05) is 17.2 Å². The Balaban J connectivity index is 2.24. The van der Waals surface area contributed by atoms with Crippen LogP contribution in [0, 0.1) is 5.82 Å². The van der Waals surface area contributed by atoms with E-state index in [0.717, 1.165) is 24.2 Å². The molecule has 0 radical (unpaired) electrons. The first-order valence-corrected chi connectivity index (χ1v) is 6.40. The SMILES string of the molecule is CCCN(Cc1cccc(N)c1)c1ncccc1F. The third-order valence-corrected chi connectivity index (χ3v) is 2.86. The van der Waals surface area contributed by atoms with Crippen molar-refractivity contribution in [2.24, 2.45) is 0 Å². The quantitative estimate of drug-likeness (QED) is 0.838. The van der Waals surface area contributed by atoms with Crippen LogP contribution in [-0.2, 0) is 6.54 Å². The van der Waals surface area contributed by atoms with Gasteiger partial charge in [0.15, 0.2) is 11.6 Å². The zero-order chi connectivity index (χ0) is 13.7. The molecule has 1 aromatic carbocycles. The number of anilines is 2. The lowest BCUT2D eigenvalue weighted by atomic mass is 10.2. The number of hydrogen-bond acceptors (Lipinski definition) is 3. The molecule has 19 heavy (non-hydrogen) atoms. The predicted octanol–water partition coefficient (Wildman–Crippen LogP) is 3.22. The summed E-state index contributed by atoms with van der Waals surface area (Å²) in [6.45, 7) is 3.42. The molecule has 0 aliphatic carbocycles. The molecule has 3 nitrogen and oxygen atoms in total. The normalized spacial score (nSPS) is 10.4. The van der Waals surface area contributed by atoms with E-state index < -0.39 is 0 Å². The fourth-order valence-corrected chi connectivity index (χ4v) is 2.05. The first kappa shape index (κ1) is 13.3. The average Bonchev–Trinajstić information content (AvgIpc) is 2.39. The van der Waals surface area contributed by atoms with Crippen molar-refractivity contribution in [1.29, 1.82) is 0 Å². The molecule has 2 N–H and O–H groups in total. The molecule has 0 amide bonds. The van der Waals surface area contributed by atoms with Crippen molar-refractivity contribution in [2.45, 2.75) is 19.9 Å². The molecule has 0 aliphatic heterocycles. The molecule has 0 spiro atoms. The van der Waals surface area contributed by atoms with Crippen molar-refractivity contribution >= 4 is 11.5 Å². The van der Waals surface area contributed by atoms with E-state index in [2.05, 4.69) is 11.9 Å². The number of halogens is 1. The summed E-state index contributed by atoms with van der Waals surface area (Å²) in [5, 5.41) is 0. The summed E-state index contributed by atoms with van der Waals surface area (Å²) in [6.07, 6.45) is 2.54. The van der Waals surface area contributed by atoms with Gasteiger partial charge in [0.05, 0.1) is 0 Å². The molecule has 0 saturated heterocycles. The minimum Gasteiger partial charge on any atom is -0.399 e. The maximum absolute atomic E-state index is 13.8. The van der Waals surface area contributed by atoms with Crippen LogP contribution in [0.15, 0.2) is 42.6 Å². The first-order valence-electron chi connectivity index (χ1n) is 6.40. The molecule has 1 heterocycles. The summed E-state index contributed by atoms with van der Waals surface area (Å²) >= 11 is 0. The molecule has 0 saturated carbocycles. The van der Waals surface area contributed by atoms with Gasteiger partial charge in [-0.25, -0.2) is 9.37 Å². The Hall–Kier alpha value is -2.10. The van der Waals surface area contributed by atoms with Crippen molar-refractivity contribution in [3.05, 3.63) is 54.0 Å². The third-order valence-electron chi connectivity index (χ3n) is 2.86. The highest BCUT2D eigenvalue weighted by Gasteiger charge is 2.12. The number of nitrogens with two attached hydrogens (primary N) is 1. The highest BCUT2D eigenvalue weighted by atomic mass is 19.1. The van der Waals surface area contributed by atoms with Crippen molar-refractivity contribution in [3.8, 4) is 0 Å². The summed E-state index contributed by atoms with van der Waals surface area (Å²) in [6, 6.07) is 10.7. The molecule has 4 heteroatoms. The third kappa shape index (κ3) is 3.44. The van der Waals surface area contributed by atoms with Gasteiger partial charge >= 0.3 is 0 Å². The van der Waals surface area contributed by atoms with E-state index in [1.165, 1.54) is 6.07 Å². The minimum absolute atomic E-state index is 0.292. The maximum Gasteiger partial charge on any atom is 0.165 e.